The summed E-state index contributed by atoms with van der Waals surface area (Å²) in [5.74, 6) is 0.702. The third kappa shape index (κ3) is 2.68. The molecule has 1 heterocycles. The first kappa shape index (κ1) is 11.7. The highest BCUT2D eigenvalue weighted by molar-refractivity contribution is 7.07. The molecule has 0 spiro atoms. The van der Waals surface area contributed by atoms with Gasteiger partial charge in [0.05, 0.1) is 30.5 Å². The van der Waals surface area contributed by atoms with Gasteiger partial charge in [0, 0.05) is 24.2 Å². The largest absolute Gasteiger partial charge is 0.495 e. The maximum absolute atomic E-state index is 5.78. The minimum absolute atomic E-state index is 0.651. The number of benzene rings is 1. The van der Waals surface area contributed by atoms with E-state index in [1.165, 1.54) is 0 Å². The van der Waals surface area contributed by atoms with Crippen molar-refractivity contribution < 1.29 is 4.74 Å². The molecule has 17 heavy (non-hydrogen) atoms. The molecule has 4 nitrogen and oxygen atoms in total. The number of nitrogens with two attached hydrogens (primary N) is 1. The average Bonchev–Trinajstić information content (AvgIpc) is 2.82. The van der Waals surface area contributed by atoms with Gasteiger partial charge in [-0.15, -0.1) is 11.3 Å². The van der Waals surface area contributed by atoms with E-state index in [9.17, 15) is 0 Å². The molecule has 0 atom stereocenters. The Morgan fingerprint density at radius 1 is 1.47 bits per heavy atom. The predicted molar refractivity (Wildman–Crippen MR) is 71.6 cm³/mol. The lowest BCUT2D eigenvalue weighted by Gasteiger charge is -2.19. The van der Waals surface area contributed by atoms with Crippen LogP contribution in [0.2, 0.25) is 0 Å². The number of rotatable bonds is 4. The van der Waals surface area contributed by atoms with E-state index < -0.39 is 0 Å². The van der Waals surface area contributed by atoms with Gasteiger partial charge in [0.2, 0.25) is 0 Å². The lowest BCUT2D eigenvalue weighted by Crippen LogP contribution is -2.16. The van der Waals surface area contributed by atoms with E-state index in [-0.39, 0.29) is 0 Å². The van der Waals surface area contributed by atoms with Gasteiger partial charge in [-0.1, -0.05) is 0 Å². The van der Waals surface area contributed by atoms with E-state index in [1.807, 2.05) is 36.1 Å². The molecule has 0 saturated carbocycles. The highest BCUT2D eigenvalue weighted by atomic mass is 32.1. The van der Waals surface area contributed by atoms with E-state index in [2.05, 4.69) is 9.88 Å². The molecule has 2 aromatic rings. The van der Waals surface area contributed by atoms with Gasteiger partial charge in [0.1, 0.15) is 5.75 Å². The molecule has 2 N–H and O–H groups in total. The van der Waals surface area contributed by atoms with Crippen LogP contribution in [-0.4, -0.2) is 19.1 Å². The van der Waals surface area contributed by atoms with Crippen molar-refractivity contribution in [3.63, 3.8) is 0 Å². The lowest BCUT2D eigenvalue weighted by molar-refractivity contribution is 0.417. The number of hydrogen-bond donors (Lipinski definition) is 1. The molecule has 0 fully saturated rings. The Hall–Kier alpha value is -1.75. The maximum Gasteiger partial charge on any atom is 0.143 e. The minimum Gasteiger partial charge on any atom is -0.495 e. The van der Waals surface area contributed by atoms with Crippen molar-refractivity contribution >= 4 is 22.7 Å². The predicted octanol–water partition coefficient (Wildman–Crippen LogP) is 2.37. The van der Waals surface area contributed by atoms with E-state index >= 15 is 0 Å². The van der Waals surface area contributed by atoms with Crippen LogP contribution in [0, 0.1) is 0 Å². The van der Waals surface area contributed by atoms with Gasteiger partial charge in [-0.2, -0.15) is 0 Å². The van der Waals surface area contributed by atoms with Crippen LogP contribution in [-0.2, 0) is 6.54 Å². The van der Waals surface area contributed by atoms with Gasteiger partial charge in [-0.25, -0.2) is 4.98 Å². The zero-order valence-electron chi connectivity index (χ0n) is 9.88. The van der Waals surface area contributed by atoms with Crippen LogP contribution < -0.4 is 15.4 Å². The fourth-order valence-corrected chi connectivity index (χ4v) is 2.14. The number of nitrogen functional groups attached to an aromatic ring is 1. The van der Waals surface area contributed by atoms with E-state index in [1.54, 1.807) is 18.4 Å². The Balaban J connectivity index is 2.16. The maximum atomic E-state index is 5.78. The molecule has 5 heteroatoms. The zero-order chi connectivity index (χ0) is 12.3. The summed E-state index contributed by atoms with van der Waals surface area (Å²) in [5, 5.41) is 2.05. The topological polar surface area (TPSA) is 51.4 Å². The van der Waals surface area contributed by atoms with Crippen LogP contribution in [0.3, 0.4) is 0 Å². The molecular formula is C12H15N3OS. The summed E-state index contributed by atoms with van der Waals surface area (Å²) >= 11 is 1.60. The molecule has 0 saturated heterocycles. The fourth-order valence-electron chi connectivity index (χ4n) is 1.59. The summed E-state index contributed by atoms with van der Waals surface area (Å²) in [5.41, 5.74) is 10.4. The van der Waals surface area contributed by atoms with Crippen molar-refractivity contribution in [1.29, 1.82) is 0 Å². The standard InChI is InChI=1S/C12H15N3OS/c1-15(6-9-7-17-8-14-9)10-3-4-11(13)12(5-10)16-2/h3-5,7-8H,6,13H2,1-2H3. The first-order valence-corrected chi connectivity index (χ1v) is 6.16. The van der Waals surface area contributed by atoms with Gasteiger partial charge in [-0.3, -0.25) is 0 Å². The second-order valence-electron chi connectivity index (χ2n) is 3.76. The number of methoxy groups -OCH3 is 1. The molecule has 0 amide bonds. The number of ether oxygens (including phenoxy) is 1. The van der Waals surface area contributed by atoms with Crippen LogP contribution in [0.25, 0.3) is 0 Å². The number of anilines is 2. The Bertz CT molecular complexity index is 485. The van der Waals surface area contributed by atoms with Gasteiger partial charge >= 0.3 is 0 Å². The summed E-state index contributed by atoms with van der Waals surface area (Å²) in [7, 11) is 3.64. The van der Waals surface area contributed by atoms with Crippen LogP contribution in [0.15, 0.2) is 29.1 Å². The Labute approximate surface area is 105 Å². The van der Waals surface area contributed by atoms with E-state index in [0.29, 0.717) is 11.4 Å². The number of nitrogens with zero attached hydrogens (tertiary/aromatic N) is 2. The molecule has 1 aromatic heterocycles. The first-order chi connectivity index (χ1) is 8.20. The molecule has 0 aliphatic carbocycles. The highest BCUT2D eigenvalue weighted by Crippen LogP contribution is 2.27. The molecule has 90 valence electrons. The monoisotopic (exact) mass is 249 g/mol. The van der Waals surface area contributed by atoms with Crippen molar-refractivity contribution in [2.75, 3.05) is 24.8 Å². The zero-order valence-corrected chi connectivity index (χ0v) is 10.7. The summed E-state index contributed by atoms with van der Waals surface area (Å²) in [6.45, 7) is 0.774. The molecule has 0 unspecified atom stereocenters. The van der Waals surface area contributed by atoms with Crippen molar-refractivity contribution in [2.24, 2.45) is 0 Å². The molecule has 0 aliphatic heterocycles. The van der Waals surface area contributed by atoms with Crippen molar-refractivity contribution in [1.82, 2.24) is 4.98 Å². The van der Waals surface area contributed by atoms with Gasteiger partial charge in [0.15, 0.2) is 0 Å². The second-order valence-corrected chi connectivity index (χ2v) is 4.48. The van der Waals surface area contributed by atoms with E-state index in [0.717, 1.165) is 17.9 Å². The van der Waals surface area contributed by atoms with Crippen molar-refractivity contribution in [3.8, 4) is 5.75 Å². The first-order valence-electron chi connectivity index (χ1n) is 5.22. The third-order valence-corrected chi connectivity index (χ3v) is 3.18. The summed E-state index contributed by atoms with van der Waals surface area (Å²) < 4.78 is 5.21. The van der Waals surface area contributed by atoms with Gasteiger partial charge in [-0.05, 0) is 12.1 Å². The highest BCUT2D eigenvalue weighted by Gasteiger charge is 2.06. The second kappa shape index (κ2) is 5.05. The third-order valence-electron chi connectivity index (χ3n) is 2.54. The fraction of sp³-hybridized carbons (Fsp3) is 0.250. The number of aromatic nitrogens is 1. The molecule has 2 rings (SSSR count). The molecule has 0 aliphatic rings. The molecule has 0 bridgehead atoms. The lowest BCUT2D eigenvalue weighted by atomic mass is 10.2. The quantitative estimate of drug-likeness (QED) is 0.845. The van der Waals surface area contributed by atoms with Crippen molar-refractivity contribution in [3.05, 3.63) is 34.8 Å². The Morgan fingerprint density at radius 3 is 2.94 bits per heavy atom. The van der Waals surface area contributed by atoms with E-state index in [4.69, 9.17) is 10.5 Å². The Morgan fingerprint density at radius 2 is 2.29 bits per heavy atom. The molecule has 0 radical (unpaired) electrons. The normalized spacial score (nSPS) is 10.2. The minimum atomic E-state index is 0.651. The number of thiazole rings is 1. The van der Waals surface area contributed by atoms with Crippen LogP contribution >= 0.6 is 11.3 Å². The van der Waals surface area contributed by atoms with Crippen molar-refractivity contribution in [2.45, 2.75) is 6.54 Å². The Kier molecular flexibility index (Phi) is 3.49. The summed E-state index contributed by atoms with van der Waals surface area (Å²) in [4.78, 5) is 6.37. The van der Waals surface area contributed by atoms with Crippen LogP contribution in [0.5, 0.6) is 5.75 Å². The summed E-state index contributed by atoms with van der Waals surface area (Å²) in [6.07, 6.45) is 0. The van der Waals surface area contributed by atoms with Crippen LogP contribution in [0.4, 0.5) is 11.4 Å². The molecule has 1 aromatic carbocycles. The SMILES string of the molecule is COc1cc(N(C)Cc2cscn2)ccc1N. The van der Waals surface area contributed by atoms with Gasteiger partial charge < -0.3 is 15.4 Å². The van der Waals surface area contributed by atoms with Gasteiger partial charge in [0.25, 0.3) is 0 Å². The molecular weight excluding hydrogens is 234 g/mol. The van der Waals surface area contributed by atoms with Crippen LogP contribution in [0.1, 0.15) is 5.69 Å². The summed E-state index contributed by atoms with van der Waals surface area (Å²) in [6, 6.07) is 5.76. The average molecular weight is 249 g/mol. The smallest absolute Gasteiger partial charge is 0.143 e. The number of hydrogen-bond acceptors (Lipinski definition) is 5.